The van der Waals surface area contributed by atoms with E-state index in [-0.39, 0.29) is 11.5 Å². The number of hydrogen-bond acceptors (Lipinski definition) is 2. The molecule has 0 saturated heterocycles. The summed E-state index contributed by atoms with van der Waals surface area (Å²) in [7, 11) is 3.47. The first-order valence-electron chi connectivity index (χ1n) is 8.70. The topological polar surface area (TPSA) is 58.1 Å². The number of nitrogens with zero attached hydrogens (tertiary/aromatic N) is 2. The summed E-state index contributed by atoms with van der Waals surface area (Å²) < 4.78 is 1.70. The molecule has 0 fully saturated rings. The van der Waals surface area contributed by atoms with E-state index in [1.54, 1.807) is 35.8 Å². The Balaban J connectivity index is 2.16. The molecule has 1 N–H and O–H groups in total. The third kappa shape index (κ3) is 3.33. The van der Waals surface area contributed by atoms with Gasteiger partial charge in [-0.2, -0.15) is 0 Å². The van der Waals surface area contributed by atoms with Gasteiger partial charge in [0, 0.05) is 49.5 Å². The monoisotopic (exact) mass is 349 g/mol. The van der Waals surface area contributed by atoms with Crippen molar-refractivity contribution in [2.24, 2.45) is 0 Å². The maximum Gasteiger partial charge on any atom is 0.275 e. The van der Waals surface area contributed by atoms with Crippen LogP contribution in [0.25, 0.3) is 22.0 Å². The van der Waals surface area contributed by atoms with Gasteiger partial charge in [-0.25, -0.2) is 0 Å². The second kappa shape index (κ2) is 7.44. The molecular weight excluding hydrogens is 326 g/mol. The number of pyridine rings is 1. The van der Waals surface area contributed by atoms with Crippen LogP contribution < -0.4 is 5.56 Å². The molecule has 134 valence electrons. The van der Waals surface area contributed by atoms with Crippen LogP contribution in [0.15, 0.2) is 59.7 Å². The summed E-state index contributed by atoms with van der Waals surface area (Å²) >= 11 is 0. The Labute approximate surface area is 152 Å². The average molecular weight is 349 g/mol. The molecule has 0 aliphatic rings. The first-order valence-corrected chi connectivity index (χ1v) is 8.70. The van der Waals surface area contributed by atoms with Crippen molar-refractivity contribution in [1.82, 2.24) is 14.5 Å². The molecule has 0 saturated carbocycles. The van der Waals surface area contributed by atoms with Crippen molar-refractivity contribution in [2.45, 2.75) is 19.9 Å². The highest BCUT2D eigenvalue weighted by Crippen LogP contribution is 2.27. The lowest BCUT2D eigenvalue weighted by Crippen LogP contribution is -2.21. The molecule has 1 aromatic carbocycles. The summed E-state index contributed by atoms with van der Waals surface area (Å²) in [5, 5.41) is 0.861. The third-order valence-corrected chi connectivity index (χ3v) is 4.33. The van der Waals surface area contributed by atoms with Crippen LogP contribution in [0.4, 0.5) is 0 Å². The fraction of sp³-hybridized carbons (Fsp3) is 0.238. The highest BCUT2D eigenvalue weighted by Gasteiger charge is 2.13. The number of amides is 1. The second-order valence-electron chi connectivity index (χ2n) is 6.43. The van der Waals surface area contributed by atoms with Crippen LogP contribution in [0.2, 0.25) is 0 Å². The number of nitrogens with one attached hydrogen (secondary N) is 1. The number of fused-ring (bicyclic) bond motifs is 1. The van der Waals surface area contributed by atoms with E-state index >= 15 is 0 Å². The van der Waals surface area contributed by atoms with Crippen LogP contribution in [-0.4, -0.2) is 34.5 Å². The van der Waals surface area contributed by atoms with Gasteiger partial charge < -0.3 is 14.5 Å². The first-order chi connectivity index (χ1) is 12.5. The standard InChI is InChI=1S/C21H23N3O2/c1-4-5-6-12-24-14-18(17-10-11-22-19(17)21(24)26)15-8-7-9-16(13-15)20(25)23(2)3/h5-11,13-14,22H,4,12H2,1-3H3/b6-5+. The van der Waals surface area contributed by atoms with Crippen LogP contribution in [0.1, 0.15) is 23.7 Å². The third-order valence-electron chi connectivity index (χ3n) is 4.33. The zero-order chi connectivity index (χ0) is 18.7. The smallest absolute Gasteiger partial charge is 0.275 e. The van der Waals surface area contributed by atoms with Crippen molar-refractivity contribution in [3.8, 4) is 11.1 Å². The van der Waals surface area contributed by atoms with Gasteiger partial charge in [0.25, 0.3) is 11.5 Å². The van der Waals surface area contributed by atoms with E-state index in [0.29, 0.717) is 17.6 Å². The van der Waals surface area contributed by atoms with Crippen LogP contribution in [0.5, 0.6) is 0 Å². The molecular formula is C21H23N3O2. The number of benzene rings is 1. The molecule has 5 heteroatoms. The summed E-state index contributed by atoms with van der Waals surface area (Å²) in [5.41, 5.74) is 3.00. The van der Waals surface area contributed by atoms with Crippen molar-refractivity contribution in [3.05, 3.63) is 70.8 Å². The summed E-state index contributed by atoms with van der Waals surface area (Å²) in [5.74, 6) is -0.0450. The Morgan fingerprint density at radius 2 is 2.04 bits per heavy atom. The van der Waals surface area contributed by atoms with Crippen LogP contribution >= 0.6 is 0 Å². The van der Waals surface area contributed by atoms with Crippen molar-refractivity contribution in [3.63, 3.8) is 0 Å². The van der Waals surface area contributed by atoms with Crippen molar-refractivity contribution >= 4 is 16.8 Å². The van der Waals surface area contributed by atoms with E-state index in [9.17, 15) is 9.59 Å². The zero-order valence-electron chi connectivity index (χ0n) is 15.3. The summed E-state index contributed by atoms with van der Waals surface area (Å²) in [6.07, 6.45) is 8.61. The minimum absolute atomic E-state index is 0.0450. The summed E-state index contributed by atoms with van der Waals surface area (Å²) in [4.78, 5) is 29.6. The quantitative estimate of drug-likeness (QED) is 0.715. The van der Waals surface area contributed by atoms with Gasteiger partial charge in [-0.3, -0.25) is 9.59 Å². The fourth-order valence-electron chi connectivity index (χ4n) is 3.00. The molecule has 0 bridgehead atoms. The summed E-state index contributed by atoms with van der Waals surface area (Å²) in [6, 6.07) is 9.42. The fourth-order valence-corrected chi connectivity index (χ4v) is 3.00. The molecule has 0 unspecified atom stereocenters. The number of allylic oxidation sites excluding steroid dienone is 2. The molecule has 0 radical (unpaired) electrons. The Hall–Kier alpha value is -3.08. The van der Waals surface area contributed by atoms with E-state index in [0.717, 1.165) is 22.9 Å². The van der Waals surface area contributed by atoms with Crippen LogP contribution in [0.3, 0.4) is 0 Å². The lowest BCUT2D eigenvalue weighted by atomic mass is 10.0. The molecule has 3 rings (SSSR count). The van der Waals surface area contributed by atoms with Gasteiger partial charge in [0.15, 0.2) is 0 Å². The molecule has 0 aliphatic carbocycles. The highest BCUT2D eigenvalue weighted by atomic mass is 16.2. The Bertz CT molecular complexity index is 1030. The van der Waals surface area contributed by atoms with E-state index < -0.39 is 0 Å². The minimum Gasteiger partial charge on any atom is -0.357 e. The molecule has 2 heterocycles. The van der Waals surface area contributed by atoms with Crippen molar-refractivity contribution < 1.29 is 4.79 Å². The van der Waals surface area contributed by atoms with Gasteiger partial charge in [0.1, 0.15) is 5.52 Å². The van der Waals surface area contributed by atoms with E-state index in [2.05, 4.69) is 11.9 Å². The number of aromatic nitrogens is 2. The molecule has 2 aromatic heterocycles. The first kappa shape index (κ1) is 17.7. The number of hydrogen-bond donors (Lipinski definition) is 1. The zero-order valence-corrected chi connectivity index (χ0v) is 15.3. The molecule has 26 heavy (non-hydrogen) atoms. The molecule has 0 spiro atoms. The average Bonchev–Trinajstić information content (AvgIpc) is 3.13. The molecule has 0 aliphatic heterocycles. The van der Waals surface area contributed by atoms with Gasteiger partial charge in [-0.1, -0.05) is 31.2 Å². The predicted molar refractivity (Wildman–Crippen MR) is 105 cm³/mol. The molecule has 5 nitrogen and oxygen atoms in total. The lowest BCUT2D eigenvalue weighted by Gasteiger charge is -2.13. The van der Waals surface area contributed by atoms with E-state index in [1.807, 2.05) is 42.6 Å². The number of carbonyl (C=O) groups excluding carboxylic acids is 1. The lowest BCUT2D eigenvalue weighted by molar-refractivity contribution is 0.0827. The number of H-pyrrole nitrogens is 1. The minimum atomic E-state index is -0.0463. The maximum absolute atomic E-state index is 12.7. The number of carbonyl (C=O) groups is 1. The maximum atomic E-state index is 12.7. The molecule has 0 atom stereocenters. The Kier molecular flexibility index (Phi) is 5.07. The Morgan fingerprint density at radius 1 is 1.23 bits per heavy atom. The van der Waals surface area contributed by atoms with Gasteiger partial charge in [-0.15, -0.1) is 0 Å². The van der Waals surface area contributed by atoms with E-state index in [4.69, 9.17) is 0 Å². The number of rotatable bonds is 5. The van der Waals surface area contributed by atoms with Gasteiger partial charge in [-0.05, 0) is 30.2 Å². The van der Waals surface area contributed by atoms with Crippen molar-refractivity contribution in [1.29, 1.82) is 0 Å². The highest BCUT2D eigenvalue weighted by molar-refractivity contribution is 5.98. The molecule has 3 aromatic rings. The second-order valence-corrected chi connectivity index (χ2v) is 6.43. The van der Waals surface area contributed by atoms with Gasteiger partial charge in [0.2, 0.25) is 0 Å². The van der Waals surface area contributed by atoms with Gasteiger partial charge >= 0.3 is 0 Å². The van der Waals surface area contributed by atoms with Gasteiger partial charge in [0.05, 0.1) is 0 Å². The Morgan fingerprint density at radius 3 is 2.77 bits per heavy atom. The SMILES string of the molecule is CC/C=C/Cn1cc(-c2cccc(C(=O)N(C)C)c2)c2cc[nH]c2c1=O. The van der Waals surface area contributed by atoms with E-state index in [1.165, 1.54) is 0 Å². The van der Waals surface area contributed by atoms with Crippen LogP contribution in [-0.2, 0) is 6.54 Å². The largest absolute Gasteiger partial charge is 0.357 e. The normalized spacial score (nSPS) is 11.3. The summed E-state index contributed by atoms with van der Waals surface area (Å²) in [6.45, 7) is 2.58. The number of aromatic amines is 1. The van der Waals surface area contributed by atoms with Crippen molar-refractivity contribution in [2.75, 3.05) is 14.1 Å². The molecule has 1 amide bonds. The van der Waals surface area contributed by atoms with Crippen LogP contribution in [0, 0.1) is 0 Å². The predicted octanol–water partition coefficient (Wildman–Crippen LogP) is 3.66.